The monoisotopic (exact) mass is 322 g/mol. The predicted molar refractivity (Wildman–Crippen MR) is 109 cm³/mol. The molecule has 4 rings (SSSR count). The van der Waals surface area contributed by atoms with Gasteiger partial charge in [-0.2, -0.15) is 0 Å². The van der Waals surface area contributed by atoms with Gasteiger partial charge in [-0.3, -0.25) is 0 Å². The number of fused-ring (bicyclic) bond motifs is 1. The van der Waals surface area contributed by atoms with E-state index in [0.29, 0.717) is 0 Å². The van der Waals surface area contributed by atoms with Gasteiger partial charge in [0, 0.05) is 0 Å². The van der Waals surface area contributed by atoms with Crippen LogP contribution in [0, 0.1) is 6.92 Å². The molecule has 0 unspecified atom stereocenters. The first-order valence-electron chi connectivity index (χ1n) is 8.93. The third-order valence-corrected chi connectivity index (χ3v) is 4.92. The highest BCUT2D eigenvalue weighted by Gasteiger charge is 2.02. The van der Waals surface area contributed by atoms with Crippen molar-refractivity contribution in [2.24, 2.45) is 0 Å². The SMILES string of the molecule is CCc1ccc2cc(-c3ccc(-c4ccc(C)cc4)cc3)ccc2c1. The van der Waals surface area contributed by atoms with Crippen LogP contribution in [-0.4, -0.2) is 0 Å². The second-order valence-corrected chi connectivity index (χ2v) is 6.69. The number of benzene rings is 4. The van der Waals surface area contributed by atoms with Crippen LogP contribution in [-0.2, 0) is 6.42 Å². The van der Waals surface area contributed by atoms with Gasteiger partial charge >= 0.3 is 0 Å². The lowest BCUT2D eigenvalue weighted by Gasteiger charge is -2.08. The molecule has 4 aromatic rings. The fourth-order valence-corrected chi connectivity index (χ4v) is 3.30. The van der Waals surface area contributed by atoms with Crippen LogP contribution in [0.5, 0.6) is 0 Å². The Balaban J connectivity index is 1.67. The van der Waals surface area contributed by atoms with Crippen molar-refractivity contribution in [1.29, 1.82) is 0 Å². The van der Waals surface area contributed by atoms with E-state index in [4.69, 9.17) is 0 Å². The maximum absolute atomic E-state index is 2.29. The van der Waals surface area contributed by atoms with E-state index in [0.717, 1.165) is 6.42 Å². The molecular formula is C25H22. The van der Waals surface area contributed by atoms with Crippen molar-refractivity contribution in [3.63, 3.8) is 0 Å². The lowest BCUT2D eigenvalue weighted by molar-refractivity contribution is 1.15. The van der Waals surface area contributed by atoms with Crippen LogP contribution in [0.4, 0.5) is 0 Å². The molecule has 0 heterocycles. The van der Waals surface area contributed by atoms with Gasteiger partial charge in [-0.1, -0.05) is 91.3 Å². The van der Waals surface area contributed by atoms with Crippen molar-refractivity contribution >= 4 is 10.8 Å². The highest BCUT2D eigenvalue weighted by atomic mass is 14.1. The van der Waals surface area contributed by atoms with Gasteiger partial charge in [-0.05, 0) is 58.0 Å². The molecule has 122 valence electrons. The van der Waals surface area contributed by atoms with E-state index in [2.05, 4.69) is 98.8 Å². The van der Waals surface area contributed by atoms with Gasteiger partial charge in [0.1, 0.15) is 0 Å². The van der Waals surface area contributed by atoms with E-state index in [-0.39, 0.29) is 0 Å². The molecule has 4 aromatic carbocycles. The molecule has 0 spiro atoms. The van der Waals surface area contributed by atoms with Gasteiger partial charge in [-0.15, -0.1) is 0 Å². The first-order valence-corrected chi connectivity index (χ1v) is 8.93. The second kappa shape index (κ2) is 6.57. The Hall–Kier alpha value is -2.86. The van der Waals surface area contributed by atoms with Crippen LogP contribution in [0.15, 0.2) is 84.9 Å². The topological polar surface area (TPSA) is 0 Å². The zero-order valence-corrected chi connectivity index (χ0v) is 14.8. The molecule has 25 heavy (non-hydrogen) atoms. The van der Waals surface area contributed by atoms with E-state index < -0.39 is 0 Å². The minimum absolute atomic E-state index is 1.08. The van der Waals surface area contributed by atoms with Crippen molar-refractivity contribution in [2.75, 3.05) is 0 Å². The average Bonchev–Trinajstić information content (AvgIpc) is 2.68. The zero-order valence-electron chi connectivity index (χ0n) is 14.8. The van der Waals surface area contributed by atoms with Crippen LogP contribution in [0.1, 0.15) is 18.1 Å². The molecule has 0 aliphatic rings. The van der Waals surface area contributed by atoms with Crippen molar-refractivity contribution in [3.05, 3.63) is 96.1 Å². The molecule has 0 aliphatic heterocycles. The number of rotatable bonds is 3. The zero-order chi connectivity index (χ0) is 17.2. The maximum Gasteiger partial charge on any atom is -0.0178 e. The maximum atomic E-state index is 2.29. The second-order valence-electron chi connectivity index (χ2n) is 6.69. The molecule has 0 amide bonds. The molecule has 0 saturated carbocycles. The van der Waals surface area contributed by atoms with Gasteiger partial charge in [0.05, 0.1) is 0 Å². The summed E-state index contributed by atoms with van der Waals surface area (Å²) in [5.41, 5.74) is 7.75. The standard InChI is InChI=1S/C25H22/c1-3-19-6-9-25-17-24(15-14-23(25)16-19)22-12-10-21(11-13-22)20-7-4-18(2)5-8-20/h4-17H,3H2,1-2H3. The Bertz CT molecular complexity index is 1010. The van der Waals surface area contributed by atoms with Gasteiger partial charge < -0.3 is 0 Å². The molecule has 0 atom stereocenters. The third kappa shape index (κ3) is 3.21. The summed E-state index contributed by atoms with van der Waals surface area (Å²) in [5, 5.41) is 2.62. The number of hydrogen-bond donors (Lipinski definition) is 0. The van der Waals surface area contributed by atoms with Crippen LogP contribution >= 0.6 is 0 Å². The molecular weight excluding hydrogens is 300 g/mol. The molecule has 0 N–H and O–H groups in total. The molecule has 0 heteroatoms. The Kier molecular flexibility index (Phi) is 4.11. The van der Waals surface area contributed by atoms with Crippen molar-refractivity contribution in [3.8, 4) is 22.3 Å². The average molecular weight is 322 g/mol. The Morgan fingerprint density at radius 2 is 1.00 bits per heavy atom. The first-order chi connectivity index (χ1) is 12.2. The quantitative estimate of drug-likeness (QED) is 0.379. The summed E-state index contributed by atoms with van der Waals surface area (Å²) < 4.78 is 0. The fourth-order valence-electron chi connectivity index (χ4n) is 3.30. The van der Waals surface area contributed by atoms with E-state index >= 15 is 0 Å². The number of hydrogen-bond acceptors (Lipinski definition) is 0. The Morgan fingerprint density at radius 3 is 1.64 bits per heavy atom. The molecule has 0 nitrogen and oxygen atoms in total. The first kappa shape index (κ1) is 15.7. The molecule has 0 aliphatic carbocycles. The van der Waals surface area contributed by atoms with Crippen LogP contribution < -0.4 is 0 Å². The summed E-state index contributed by atoms with van der Waals surface area (Å²) in [6.07, 6.45) is 1.08. The van der Waals surface area contributed by atoms with E-state index in [1.54, 1.807) is 0 Å². The summed E-state index contributed by atoms with van der Waals surface area (Å²) in [6, 6.07) is 31.1. The smallest absolute Gasteiger partial charge is 0.0178 e. The van der Waals surface area contributed by atoms with Crippen LogP contribution in [0.2, 0.25) is 0 Å². The summed E-state index contributed by atoms with van der Waals surface area (Å²) in [7, 11) is 0. The Morgan fingerprint density at radius 1 is 0.520 bits per heavy atom. The molecule has 0 bridgehead atoms. The minimum atomic E-state index is 1.08. The van der Waals surface area contributed by atoms with Crippen molar-refractivity contribution in [1.82, 2.24) is 0 Å². The van der Waals surface area contributed by atoms with Gasteiger partial charge in [0.2, 0.25) is 0 Å². The minimum Gasteiger partial charge on any atom is -0.0613 e. The van der Waals surface area contributed by atoms with Crippen LogP contribution in [0.25, 0.3) is 33.0 Å². The van der Waals surface area contributed by atoms with E-state index in [1.807, 2.05) is 0 Å². The van der Waals surface area contributed by atoms with Crippen molar-refractivity contribution < 1.29 is 0 Å². The van der Waals surface area contributed by atoms with Crippen molar-refractivity contribution in [2.45, 2.75) is 20.3 Å². The highest BCUT2D eigenvalue weighted by Crippen LogP contribution is 2.28. The van der Waals surface area contributed by atoms with Crippen LogP contribution in [0.3, 0.4) is 0 Å². The summed E-state index contributed by atoms with van der Waals surface area (Å²) in [5.74, 6) is 0. The molecule has 0 radical (unpaired) electrons. The summed E-state index contributed by atoms with van der Waals surface area (Å²) >= 11 is 0. The number of aryl methyl sites for hydroxylation is 2. The lowest BCUT2D eigenvalue weighted by Crippen LogP contribution is -1.83. The van der Waals surface area contributed by atoms with Gasteiger partial charge in [0.15, 0.2) is 0 Å². The third-order valence-electron chi connectivity index (χ3n) is 4.92. The predicted octanol–water partition coefficient (Wildman–Crippen LogP) is 7.04. The van der Waals surface area contributed by atoms with E-state index in [1.165, 1.54) is 44.2 Å². The normalized spacial score (nSPS) is 11.0. The van der Waals surface area contributed by atoms with Gasteiger partial charge in [-0.25, -0.2) is 0 Å². The largest absolute Gasteiger partial charge is 0.0613 e. The fraction of sp³-hybridized carbons (Fsp3) is 0.120. The van der Waals surface area contributed by atoms with E-state index in [9.17, 15) is 0 Å². The lowest BCUT2D eigenvalue weighted by atomic mass is 9.97. The highest BCUT2D eigenvalue weighted by molar-refractivity contribution is 5.88. The summed E-state index contributed by atoms with van der Waals surface area (Å²) in [4.78, 5) is 0. The molecule has 0 fully saturated rings. The Labute approximate surface area is 149 Å². The molecule has 0 aromatic heterocycles. The van der Waals surface area contributed by atoms with Gasteiger partial charge in [0.25, 0.3) is 0 Å². The summed E-state index contributed by atoms with van der Waals surface area (Å²) in [6.45, 7) is 4.32. The molecule has 0 saturated heterocycles.